The van der Waals surface area contributed by atoms with Gasteiger partial charge in [0.25, 0.3) is 5.91 Å². The Balaban J connectivity index is 1.64. The molecule has 3 atom stereocenters. The van der Waals surface area contributed by atoms with Crippen molar-refractivity contribution in [2.75, 3.05) is 27.4 Å². The van der Waals surface area contributed by atoms with E-state index >= 15 is 0 Å². The van der Waals surface area contributed by atoms with Crippen molar-refractivity contribution in [3.05, 3.63) is 52.8 Å². The number of benzene rings is 2. The van der Waals surface area contributed by atoms with Crippen molar-refractivity contribution >= 4 is 17.5 Å². The zero-order valence-corrected chi connectivity index (χ0v) is 17.5. The van der Waals surface area contributed by atoms with E-state index in [0.717, 1.165) is 18.4 Å². The molecular formula is C22H23ClFNO5. The summed E-state index contributed by atoms with van der Waals surface area (Å²) in [6.45, 7) is 1.19. The lowest BCUT2D eigenvalue weighted by Crippen LogP contribution is -2.62. The molecule has 0 radical (unpaired) electrons. The van der Waals surface area contributed by atoms with E-state index in [1.807, 2.05) is 12.1 Å². The van der Waals surface area contributed by atoms with Gasteiger partial charge in [-0.3, -0.25) is 4.79 Å². The molecule has 2 aromatic rings. The fourth-order valence-corrected chi connectivity index (χ4v) is 4.07. The van der Waals surface area contributed by atoms with Gasteiger partial charge in [0, 0.05) is 25.3 Å². The molecule has 0 aliphatic carbocycles. The highest BCUT2D eigenvalue weighted by atomic mass is 35.5. The third-order valence-electron chi connectivity index (χ3n) is 5.44. The molecule has 0 N–H and O–H groups in total. The van der Waals surface area contributed by atoms with Gasteiger partial charge in [-0.25, -0.2) is 4.39 Å². The van der Waals surface area contributed by atoms with Crippen molar-refractivity contribution in [2.45, 2.75) is 31.1 Å². The first-order chi connectivity index (χ1) is 14.5. The molecule has 2 aliphatic heterocycles. The summed E-state index contributed by atoms with van der Waals surface area (Å²) >= 11 is 5.87. The molecule has 0 aromatic heterocycles. The Morgan fingerprint density at radius 3 is 2.47 bits per heavy atom. The molecule has 0 bridgehead atoms. The minimum Gasteiger partial charge on any atom is -0.497 e. The molecule has 4 rings (SSSR count). The van der Waals surface area contributed by atoms with Crippen molar-refractivity contribution in [1.82, 2.24) is 4.90 Å². The van der Waals surface area contributed by atoms with Crippen molar-refractivity contribution in [3.63, 3.8) is 0 Å². The van der Waals surface area contributed by atoms with Crippen LogP contribution < -0.4 is 14.2 Å². The molecule has 8 heteroatoms. The second-order valence-electron chi connectivity index (χ2n) is 7.33. The van der Waals surface area contributed by atoms with Gasteiger partial charge in [0.05, 0.1) is 25.3 Å². The summed E-state index contributed by atoms with van der Waals surface area (Å²) in [4.78, 5) is 14.7. The number of halogens is 2. The Kier molecular flexibility index (Phi) is 6.01. The number of hydrogen-bond donors (Lipinski definition) is 0. The number of hydrogen-bond acceptors (Lipinski definition) is 5. The van der Waals surface area contributed by atoms with Crippen LogP contribution in [0.3, 0.4) is 0 Å². The number of carbonyl (C=O) groups is 1. The molecule has 0 spiro atoms. The molecule has 2 aromatic carbocycles. The van der Waals surface area contributed by atoms with Crippen LogP contribution >= 0.6 is 11.6 Å². The van der Waals surface area contributed by atoms with Crippen molar-refractivity contribution in [1.29, 1.82) is 0 Å². The van der Waals surface area contributed by atoms with Crippen LogP contribution in [0.2, 0.25) is 5.02 Å². The molecule has 1 amide bonds. The van der Waals surface area contributed by atoms with E-state index in [0.29, 0.717) is 30.4 Å². The smallest absolute Gasteiger partial charge is 0.266 e. The van der Waals surface area contributed by atoms with Gasteiger partial charge in [-0.1, -0.05) is 11.6 Å². The number of likely N-dealkylation sites (tertiary alicyclic amines) is 1. The molecule has 0 saturated carbocycles. The van der Waals surface area contributed by atoms with Crippen LogP contribution in [-0.4, -0.2) is 50.4 Å². The topological polar surface area (TPSA) is 57.2 Å². The first kappa shape index (κ1) is 20.8. The standard InChI is InChI=1S/C22H23ClFNO5/c1-27-16-8-13(9-17(10-16)28-2)20-21(30-14-5-6-19(24)18(23)11-14)22(26)25(20)12-15-4-3-7-29-15/h5-6,8-11,15,20-21H,3-4,7,12H2,1-2H3/t15-,20-,21+/m1/s1. The number of nitrogens with zero attached hydrogens (tertiary/aromatic N) is 1. The van der Waals surface area contributed by atoms with Gasteiger partial charge >= 0.3 is 0 Å². The average Bonchev–Trinajstić information content (AvgIpc) is 3.27. The van der Waals surface area contributed by atoms with Gasteiger partial charge < -0.3 is 23.8 Å². The Morgan fingerprint density at radius 2 is 1.87 bits per heavy atom. The summed E-state index contributed by atoms with van der Waals surface area (Å²) in [5, 5.41) is -0.0601. The van der Waals surface area contributed by atoms with Crippen molar-refractivity contribution in [2.24, 2.45) is 0 Å². The van der Waals surface area contributed by atoms with E-state index in [1.54, 1.807) is 25.2 Å². The van der Waals surface area contributed by atoms with E-state index in [9.17, 15) is 9.18 Å². The maximum absolute atomic E-state index is 13.5. The average molecular weight is 436 g/mol. The highest BCUT2D eigenvalue weighted by molar-refractivity contribution is 6.30. The molecule has 30 heavy (non-hydrogen) atoms. The normalized spacial score (nSPS) is 23.3. The predicted octanol–water partition coefficient (Wildman–Crippen LogP) is 4.01. The van der Waals surface area contributed by atoms with Crippen LogP contribution in [-0.2, 0) is 9.53 Å². The second-order valence-corrected chi connectivity index (χ2v) is 7.74. The predicted molar refractivity (Wildman–Crippen MR) is 109 cm³/mol. The van der Waals surface area contributed by atoms with E-state index in [-0.39, 0.29) is 23.1 Å². The molecule has 2 saturated heterocycles. The quantitative estimate of drug-likeness (QED) is 0.615. The van der Waals surface area contributed by atoms with Gasteiger partial charge in [0.15, 0.2) is 0 Å². The fourth-order valence-electron chi connectivity index (χ4n) is 3.89. The number of amides is 1. The van der Waals surface area contributed by atoms with Crippen LogP contribution in [0.5, 0.6) is 17.2 Å². The summed E-state index contributed by atoms with van der Waals surface area (Å²) in [7, 11) is 3.15. The van der Waals surface area contributed by atoms with Gasteiger partial charge in [0.2, 0.25) is 6.10 Å². The van der Waals surface area contributed by atoms with E-state index in [2.05, 4.69) is 0 Å². The van der Waals surface area contributed by atoms with Crippen LogP contribution in [0.1, 0.15) is 24.4 Å². The van der Waals surface area contributed by atoms with Crippen LogP contribution in [0.4, 0.5) is 4.39 Å². The first-order valence-corrected chi connectivity index (χ1v) is 10.1. The van der Waals surface area contributed by atoms with E-state index in [4.69, 9.17) is 30.5 Å². The van der Waals surface area contributed by atoms with Crippen molar-refractivity contribution in [3.8, 4) is 17.2 Å². The summed E-state index contributed by atoms with van der Waals surface area (Å²) in [6.07, 6.45) is 1.13. The number of rotatable bonds is 7. The Hall–Kier alpha value is -2.51. The van der Waals surface area contributed by atoms with Gasteiger partial charge in [-0.15, -0.1) is 0 Å². The summed E-state index contributed by atoms with van der Waals surface area (Å²) in [6, 6.07) is 9.16. The molecule has 0 unspecified atom stereocenters. The number of carbonyl (C=O) groups excluding carboxylic acids is 1. The third kappa shape index (κ3) is 4.04. The highest BCUT2D eigenvalue weighted by Crippen LogP contribution is 2.41. The number of methoxy groups -OCH3 is 2. The molecule has 6 nitrogen and oxygen atoms in total. The Labute approximate surface area is 179 Å². The third-order valence-corrected chi connectivity index (χ3v) is 5.73. The highest BCUT2D eigenvalue weighted by Gasteiger charge is 2.51. The summed E-state index contributed by atoms with van der Waals surface area (Å²) < 4.78 is 35.9. The second kappa shape index (κ2) is 8.70. The van der Waals surface area contributed by atoms with Crippen LogP contribution in [0.15, 0.2) is 36.4 Å². The molecule has 2 heterocycles. The SMILES string of the molecule is COc1cc(OC)cc([C@@H]2[C@H](Oc3ccc(F)c(Cl)c3)C(=O)N2C[C@H]2CCCO2)c1. The van der Waals surface area contributed by atoms with E-state index in [1.165, 1.54) is 18.2 Å². The lowest BCUT2D eigenvalue weighted by Gasteiger charge is -2.47. The zero-order valence-electron chi connectivity index (χ0n) is 16.8. The first-order valence-electron chi connectivity index (χ1n) is 9.77. The minimum absolute atomic E-state index is 0.00479. The number of β-lactam (4-membered cyclic amide) rings is 1. The van der Waals surface area contributed by atoms with Gasteiger partial charge in [0.1, 0.15) is 29.1 Å². The lowest BCUT2D eigenvalue weighted by molar-refractivity contribution is -0.167. The maximum atomic E-state index is 13.5. The lowest BCUT2D eigenvalue weighted by atomic mass is 9.89. The maximum Gasteiger partial charge on any atom is 0.266 e. The van der Waals surface area contributed by atoms with Crippen LogP contribution in [0.25, 0.3) is 0 Å². The largest absolute Gasteiger partial charge is 0.497 e. The van der Waals surface area contributed by atoms with E-state index < -0.39 is 11.9 Å². The molecule has 2 aliphatic rings. The minimum atomic E-state index is -0.773. The summed E-state index contributed by atoms with van der Waals surface area (Å²) in [5.74, 6) is 0.862. The zero-order chi connectivity index (χ0) is 21.3. The van der Waals surface area contributed by atoms with Crippen LogP contribution in [0, 0.1) is 5.82 Å². The van der Waals surface area contributed by atoms with Gasteiger partial charge in [-0.05, 0) is 42.7 Å². The summed E-state index contributed by atoms with van der Waals surface area (Å²) in [5.41, 5.74) is 0.821. The fraction of sp³-hybridized carbons (Fsp3) is 0.409. The molecule has 2 fully saturated rings. The Morgan fingerprint density at radius 1 is 1.13 bits per heavy atom. The number of ether oxygens (including phenoxy) is 4. The molecular weight excluding hydrogens is 413 g/mol. The monoisotopic (exact) mass is 435 g/mol. The van der Waals surface area contributed by atoms with Gasteiger partial charge in [-0.2, -0.15) is 0 Å². The molecule has 160 valence electrons. The van der Waals surface area contributed by atoms with Crippen molar-refractivity contribution < 1.29 is 28.1 Å². The Bertz CT molecular complexity index is 911.